The molecule has 0 aliphatic carbocycles. The lowest BCUT2D eigenvalue weighted by molar-refractivity contribution is 0.479. The third-order valence-electron chi connectivity index (χ3n) is 1.95. The Balaban J connectivity index is 3.56. The monoisotopic (exact) mass is 223 g/mol. The maximum absolute atomic E-state index is 4.27. The highest BCUT2D eigenvalue weighted by atomic mass is 32.1. The lowest BCUT2D eigenvalue weighted by atomic mass is 10.3. The second kappa shape index (κ2) is 9.15. The second-order valence-corrected chi connectivity index (χ2v) is 3.74. The summed E-state index contributed by atoms with van der Waals surface area (Å²) < 4.78 is 0. The molecule has 0 bridgehead atoms. The molecule has 80 valence electrons. The van der Waals surface area contributed by atoms with E-state index in [2.05, 4.69) is 41.2 Å². The van der Waals surface area contributed by atoms with Gasteiger partial charge >= 0.3 is 0 Å². The topological polar surface area (TPSA) is 36.1 Å². The molecule has 0 amide bonds. The van der Waals surface area contributed by atoms with Crippen molar-refractivity contribution in [3.63, 3.8) is 0 Å². The average molecular weight is 223 g/mol. The van der Waals surface area contributed by atoms with Crippen molar-refractivity contribution in [2.24, 2.45) is 0 Å². The van der Waals surface area contributed by atoms with Gasteiger partial charge in [0.1, 0.15) is 0 Å². The Kier molecular flexibility index (Phi) is 9.56. The molecule has 0 aromatic carbocycles. The lowest BCUT2D eigenvalue weighted by Crippen LogP contribution is -2.46. The van der Waals surface area contributed by atoms with Crippen LogP contribution in [-0.2, 0) is 0 Å². The van der Waals surface area contributed by atoms with Crippen LogP contribution >= 0.6 is 25.3 Å². The number of thiol groups is 2. The van der Waals surface area contributed by atoms with Crippen molar-refractivity contribution in [2.45, 2.75) is 12.1 Å². The third-order valence-corrected chi connectivity index (χ3v) is 2.83. The van der Waals surface area contributed by atoms with Crippen molar-refractivity contribution in [2.75, 3.05) is 38.7 Å². The Morgan fingerprint density at radius 1 is 1.00 bits per heavy atom. The van der Waals surface area contributed by atoms with Gasteiger partial charge in [-0.15, -0.1) is 0 Å². The number of hydrogen-bond acceptors (Lipinski definition) is 5. The molecule has 2 unspecified atom stereocenters. The first kappa shape index (κ1) is 13.6. The van der Waals surface area contributed by atoms with Gasteiger partial charge in [-0.2, -0.15) is 25.3 Å². The molecule has 5 heteroatoms. The van der Waals surface area contributed by atoms with E-state index < -0.39 is 0 Å². The van der Waals surface area contributed by atoms with Crippen LogP contribution in [0, 0.1) is 0 Å². The number of rotatable bonds is 8. The summed E-state index contributed by atoms with van der Waals surface area (Å²) in [5.41, 5.74) is 0. The molecule has 2 atom stereocenters. The van der Waals surface area contributed by atoms with Crippen molar-refractivity contribution in [3.05, 3.63) is 0 Å². The summed E-state index contributed by atoms with van der Waals surface area (Å²) in [6, 6.07) is 0.867. The molecule has 0 aromatic heterocycles. The molecule has 0 aliphatic heterocycles. The fourth-order valence-corrected chi connectivity index (χ4v) is 1.58. The van der Waals surface area contributed by atoms with Crippen LogP contribution in [0.15, 0.2) is 0 Å². The van der Waals surface area contributed by atoms with Gasteiger partial charge in [0.15, 0.2) is 0 Å². The predicted molar refractivity (Wildman–Crippen MR) is 66.3 cm³/mol. The van der Waals surface area contributed by atoms with Crippen LogP contribution in [0.5, 0.6) is 0 Å². The maximum Gasteiger partial charge on any atom is 0.0281 e. The largest absolute Gasteiger partial charge is 0.318 e. The second-order valence-electron chi connectivity index (χ2n) is 3.01. The zero-order chi connectivity index (χ0) is 10.1. The van der Waals surface area contributed by atoms with E-state index in [9.17, 15) is 0 Å². The fourth-order valence-electron chi connectivity index (χ4n) is 1.01. The number of nitrogens with one attached hydrogen (secondary N) is 3. The maximum atomic E-state index is 4.27. The Labute approximate surface area is 92.3 Å². The van der Waals surface area contributed by atoms with Gasteiger partial charge in [-0.1, -0.05) is 0 Å². The first-order chi connectivity index (χ1) is 6.28. The van der Waals surface area contributed by atoms with E-state index in [0.717, 1.165) is 24.6 Å². The quantitative estimate of drug-likeness (QED) is 0.364. The molecule has 0 radical (unpaired) electrons. The SMILES string of the molecule is CNCC(CS)NCC(CS)NC. The van der Waals surface area contributed by atoms with Crippen LogP contribution in [-0.4, -0.2) is 50.8 Å². The lowest BCUT2D eigenvalue weighted by Gasteiger charge is -2.20. The van der Waals surface area contributed by atoms with Gasteiger partial charge in [0.05, 0.1) is 0 Å². The molecule has 0 heterocycles. The standard InChI is InChI=1S/C8H21N3S2/c1-9-3-8(6-13)11-4-7(5-12)10-2/h7-13H,3-6H2,1-2H3. The van der Waals surface area contributed by atoms with Crippen LogP contribution < -0.4 is 16.0 Å². The van der Waals surface area contributed by atoms with E-state index in [4.69, 9.17) is 0 Å². The zero-order valence-corrected chi connectivity index (χ0v) is 10.2. The predicted octanol–water partition coefficient (Wildman–Crippen LogP) is -0.388. The highest BCUT2D eigenvalue weighted by molar-refractivity contribution is 7.80. The smallest absolute Gasteiger partial charge is 0.0281 e. The molecule has 0 aromatic rings. The van der Waals surface area contributed by atoms with Crippen molar-refractivity contribution in [1.82, 2.24) is 16.0 Å². The molecule has 0 aliphatic rings. The van der Waals surface area contributed by atoms with Crippen molar-refractivity contribution >= 4 is 25.3 Å². The van der Waals surface area contributed by atoms with Crippen molar-refractivity contribution < 1.29 is 0 Å². The van der Waals surface area contributed by atoms with Gasteiger partial charge in [-0.05, 0) is 14.1 Å². The highest BCUT2D eigenvalue weighted by Crippen LogP contribution is 1.89. The van der Waals surface area contributed by atoms with Crippen LogP contribution in [0.1, 0.15) is 0 Å². The Hall–Kier alpha value is 0.580. The molecule has 0 spiro atoms. The van der Waals surface area contributed by atoms with E-state index in [1.165, 1.54) is 0 Å². The molecule has 3 N–H and O–H groups in total. The summed E-state index contributed by atoms with van der Waals surface area (Å²) >= 11 is 8.51. The fraction of sp³-hybridized carbons (Fsp3) is 1.00. The number of hydrogen-bond donors (Lipinski definition) is 5. The summed E-state index contributed by atoms with van der Waals surface area (Å²) in [5, 5.41) is 9.74. The first-order valence-electron chi connectivity index (χ1n) is 4.55. The minimum atomic E-state index is 0.433. The van der Waals surface area contributed by atoms with Gasteiger partial charge in [0, 0.05) is 36.7 Å². The first-order valence-corrected chi connectivity index (χ1v) is 5.81. The molecule has 0 fully saturated rings. The summed E-state index contributed by atoms with van der Waals surface area (Å²) in [4.78, 5) is 0. The average Bonchev–Trinajstić information content (AvgIpc) is 2.17. The minimum absolute atomic E-state index is 0.433. The van der Waals surface area contributed by atoms with Crippen LogP contribution in [0.4, 0.5) is 0 Å². The van der Waals surface area contributed by atoms with Gasteiger partial charge < -0.3 is 16.0 Å². The Bertz CT molecular complexity index is 110. The van der Waals surface area contributed by atoms with Crippen LogP contribution in [0.3, 0.4) is 0 Å². The Morgan fingerprint density at radius 2 is 1.62 bits per heavy atom. The minimum Gasteiger partial charge on any atom is -0.318 e. The summed E-state index contributed by atoms with van der Waals surface area (Å²) in [6.45, 7) is 1.89. The van der Waals surface area contributed by atoms with E-state index in [0.29, 0.717) is 12.1 Å². The van der Waals surface area contributed by atoms with E-state index in [-0.39, 0.29) is 0 Å². The van der Waals surface area contributed by atoms with Gasteiger partial charge in [0.25, 0.3) is 0 Å². The summed E-state index contributed by atoms with van der Waals surface area (Å²) in [7, 11) is 3.91. The van der Waals surface area contributed by atoms with Crippen LogP contribution in [0.25, 0.3) is 0 Å². The summed E-state index contributed by atoms with van der Waals surface area (Å²) in [6.07, 6.45) is 0. The zero-order valence-electron chi connectivity index (χ0n) is 8.38. The molecule has 0 saturated carbocycles. The number of likely N-dealkylation sites (N-methyl/N-ethyl adjacent to an activating group) is 2. The van der Waals surface area contributed by atoms with Gasteiger partial charge in [-0.25, -0.2) is 0 Å². The molecule has 13 heavy (non-hydrogen) atoms. The highest BCUT2D eigenvalue weighted by Gasteiger charge is 2.07. The molecule has 0 saturated heterocycles. The normalized spacial score (nSPS) is 15.7. The third kappa shape index (κ3) is 6.62. The molecular formula is C8H21N3S2. The van der Waals surface area contributed by atoms with Crippen molar-refractivity contribution in [1.29, 1.82) is 0 Å². The van der Waals surface area contributed by atoms with E-state index in [1.807, 2.05) is 14.1 Å². The van der Waals surface area contributed by atoms with Crippen molar-refractivity contribution in [3.8, 4) is 0 Å². The van der Waals surface area contributed by atoms with Gasteiger partial charge in [-0.3, -0.25) is 0 Å². The van der Waals surface area contributed by atoms with Crippen LogP contribution in [0.2, 0.25) is 0 Å². The molecule has 3 nitrogen and oxygen atoms in total. The summed E-state index contributed by atoms with van der Waals surface area (Å²) in [5.74, 6) is 1.70. The molecular weight excluding hydrogens is 202 g/mol. The molecule has 0 rings (SSSR count). The Morgan fingerprint density at radius 3 is 2.00 bits per heavy atom. The van der Waals surface area contributed by atoms with E-state index >= 15 is 0 Å². The van der Waals surface area contributed by atoms with E-state index in [1.54, 1.807) is 0 Å². The van der Waals surface area contributed by atoms with Gasteiger partial charge in [0.2, 0.25) is 0 Å².